The fraction of sp³-hybridized carbons (Fsp3) is 0.280. The number of nitrogens with two attached hydrogens (primary N) is 1. The number of halogens is 4. The van der Waals surface area contributed by atoms with Crippen molar-refractivity contribution in [1.82, 2.24) is 24.2 Å². The van der Waals surface area contributed by atoms with Crippen LogP contribution in [0.15, 0.2) is 46.1 Å². The van der Waals surface area contributed by atoms with Gasteiger partial charge in [0.05, 0.1) is 22.8 Å². The number of hydrogen-bond acceptors (Lipinski definition) is 6. The zero-order valence-corrected chi connectivity index (χ0v) is 21.4. The molecule has 5 rings (SSSR count). The minimum Gasteiger partial charge on any atom is -0.353 e. The molecule has 0 atom stereocenters. The molecule has 1 amide bonds. The highest BCUT2D eigenvalue weighted by Crippen LogP contribution is 2.31. The Balaban J connectivity index is 1.56. The fourth-order valence-electron chi connectivity index (χ4n) is 4.09. The molecule has 2 aromatic carbocycles. The van der Waals surface area contributed by atoms with Crippen LogP contribution in [0.25, 0.3) is 10.9 Å². The highest BCUT2D eigenvalue weighted by Gasteiger charge is 2.38. The zero-order valence-electron chi connectivity index (χ0n) is 20.6. The number of anilines is 2. The van der Waals surface area contributed by atoms with E-state index >= 15 is 0 Å². The number of carbonyl (C=O) groups excluding carboxylic acids is 1. The Hall–Kier alpha value is -4.10. The van der Waals surface area contributed by atoms with Gasteiger partial charge in [-0.1, -0.05) is 11.6 Å². The van der Waals surface area contributed by atoms with Gasteiger partial charge in [0.2, 0.25) is 5.91 Å². The van der Waals surface area contributed by atoms with E-state index < -0.39 is 53.2 Å². The molecule has 2 aromatic heterocycles. The lowest BCUT2D eigenvalue weighted by Crippen LogP contribution is -2.46. The Kier molecular flexibility index (Phi) is 6.72. The lowest BCUT2D eigenvalue weighted by Gasteiger charge is -2.18. The maximum Gasteiger partial charge on any atom is 0.333 e. The molecule has 0 unspecified atom stereocenters. The van der Waals surface area contributed by atoms with E-state index in [1.165, 1.54) is 0 Å². The molecule has 1 aliphatic rings. The summed E-state index contributed by atoms with van der Waals surface area (Å²) >= 11 is 6.40. The van der Waals surface area contributed by atoms with E-state index in [0.717, 1.165) is 23.5 Å². The number of rotatable bonds is 8. The zero-order chi connectivity index (χ0) is 28.1. The van der Waals surface area contributed by atoms with E-state index in [9.17, 15) is 27.6 Å². The van der Waals surface area contributed by atoms with Gasteiger partial charge in [0, 0.05) is 48.4 Å². The number of nitrogens with zero attached hydrogens (tertiary/aromatic N) is 4. The van der Waals surface area contributed by atoms with Crippen LogP contribution in [-0.4, -0.2) is 36.9 Å². The third-order valence-electron chi connectivity index (χ3n) is 6.50. The van der Waals surface area contributed by atoms with E-state index in [4.69, 9.17) is 17.3 Å². The Morgan fingerprint density at radius 1 is 1.08 bits per heavy atom. The van der Waals surface area contributed by atoms with Gasteiger partial charge in [-0.2, -0.15) is 5.10 Å². The molecule has 2 heterocycles. The second-order valence-electron chi connectivity index (χ2n) is 9.64. The van der Waals surface area contributed by atoms with Gasteiger partial charge in [0.1, 0.15) is 18.2 Å². The monoisotopic (exact) mass is 561 g/mol. The van der Waals surface area contributed by atoms with Crippen LogP contribution in [0, 0.1) is 17.5 Å². The van der Waals surface area contributed by atoms with Crippen molar-refractivity contribution in [3.05, 3.63) is 85.4 Å². The Bertz CT molecular complexity index is 1740. The number of hydrogen-bond donors (Lipinski definition) is 3. The maximum absolute atomic E-state index is 14.5. The molecule has 0 spiro atoms. The van der Waals surface area contributed by atoms with Crippen molar-refractivity contribution >= 4 is 39.9 Å². The third-order valence-corrected chi connectivity index (χ3v) is 6.81. The molecule has 204 valence electrons. The van der Waals surface area contributed by atoms with Gasteiger partial charge in [0.15, 0.2) is 11.6 Å². The minimum atomic E-state index is -1.39. The molecule has 39 heavy (non-hydrogen) atoms. The Labute approximate surface area is 223 Å². The van der Waals surface area contributed by atoms with Crippen molar-refractivity contribution in [3.63, 3.8) is 0 Å². The first-order chi connectivity index (χ1) is 18.4. The second kappa shape index (κ2) is 9.89. The summed E-state index contributed by atoms with van der Waals surface area (Å²) in [6.45, 7) is -1.04. The van der Waals surface area contributed by atoms with Crippen LogP contribution in [0.1, 0.15) is 18.4 Å². The predicted molar refractivity (Wildman–Crippen MR) is 139 cm³/mol. The van der Waals surface area contributed by atoms with Gasteiger partial charge in [-0.15, -0.1) is 0 Å². The molecule has 1 saturated carbocycles. The quantitative estimate of drug-likeness (QED) is 0.283. The fourth-order valence-corrected chi connectivity index (χ4v) is 4.29. The van der Waals surface area contributed by atoms with Crippen LogP contribution in [0.3, 0.4) is 0 Å². The normalized spacial score (nSPS) is 14.0. The van der Waals surface area contributed by atoms with Crippen LogP contribution < -0.4 is 27.6 Å². The topological polar surface area (TPSA) is 129 Å². The second-order valence-corrected chi connectivity index (χ2v) is 10.0. The smallest absolute Gasteiger partial charge is 0.333 e. The van der Waals surface area contributed by atoms with E-state index in [1.807, 2.05) is 0 Å². The van der Waals surface area contributed by atoms with E-state index in [2.05, 4.69) is 15.7 Å². The molecular weight excluding hydrogens is 539 g/mol. The number of carbonyl (C=O) groups is 1. The van der Waals surface area contributed by atoms with Gasteiger partial charge >= 0.3 is 5.69 Å². The molecular formula is C25H23ClF3N7O3. The predicted octanol–water partition coefficient (Wildman–Crippen LogP) is 2.37. The number of fused-ring (bicyclic) bond motifs is 1. The highest BCUT2D eigenvalue weighted by atomic mass is 35.5. The summed E-state index contributed by atoms with van der Waals surface area (Å²) < 4.78 is 45.1. The number of aryl methyl sites for hydroxylation is 1. The summed E-state index contributed by atoms with van der Waals surface area (Å²) in [4.78, 5) is 38.9. The molecule has 0 saturated heterocycles. The standard InChI is InChI=1S/C25H23ClF3N7O3/c1-34-9-14-5-20(15(26)6-19(14)33-34)32-21-8-23(38)36(11-22(37)31-12-25(30)2-3-25)24(39)35(21)10-13-4-17(28)18(29)7-16(13)27/h4-9,32H,2-3,10-12,30H2,1H3,(H,31,37). The molecule has 4 aromatic rings. The molecule has 1 fully saturated rings. The van der Waals surface area contributed by atoms with Crippen molar-refractivity contribution in [2.75, 3.05) is 11.9 Å². The van der Waals surface area contributed by atoms with Crippen molar-refractivity contribution < 1.29 is 18.0 Å². The van der Waals surface area contributed by atoms with Crippen molar-refractivity contribution in [2.45, 2.75) is 31.5 Å². The molecule has 0 radical (unpaired) electrons. The average molecular weight is 562 g/mol. The summed E-state index contributed by atoms with van der Waals surface area (Å²) in [6, 6.07) is 5.22. The van der Waals surface area contributed by atoms with E-state index in [1.54, 1.807) is 30.1 Å². The molecule has 0 aliphatic heterocycles. The van der Waals surface area contributed by atoms with Crippen LogP contribution in [0.4, 0.5) is 24.7 Å². The van der Waals surface area contributed by atoms with Gasteiger partial charge < -0.3 is 16.4 Å². The van der Waals surface area contributed by atoms with Crippen molar-refractivity contribution in [3.8, 4) is 0 Å². The number of nitrogens with one attached hydrogen (secondary N) is 2. The molecule has 10 nitrogen and oxygen atoms in total. The number of benzene rings is 2. The summed E-state index contributed by atoms with van der Waals surface area (Å²) in [6.07, 6.45) is 3.21. The summed E-state index contributed by atoms with van der Waals surface area (Å²) in [5.74, 6) is -4.55. The third kappa shape index (κ3) is 5.54. The summed E-state index contributed by atoms with van der Waals surface area (Å²) in [5.41, 5.74) is 4.20. The first-order valence-corrected chi connectivity index (χ1v) is 12.2. The van der Waals surface area contributed by atoms with Crippen molar-refractivity contribution in [2.24, 2.45) is 12.8 Å². The van der Waals surface area contributed by atoms with Crippen LogP contribution >= 0.6 is 11.6 Å². The molecule has 1 aliphatic carbocycles. The summed E-state index contributed by atoms with van der Waals surface area (Å²) in [7, 11) is 1.73. The Morgan fingerprint density at radius 3 is 2.51 bits per heavy atom. The van der Waals surface area contributed by atoms with Crippen molar-refractivity contribution in [1.29, 1.82) is 0 Å². The van der Waals surface area contributed by atoms with Gasteiger partial charge in [0.25, 0.3) is 5.56 Å². The van der Waals surface area contributed by atoms with Crippen LogP contribution in [0.5, 0.6) is 0 Å². The first kappa shape index (κ1) is 26.5. The Morgan fingerprint density at radius 2 is 1.79 bits per heavy atom. The van der Waals surface area contributed by atoms with Gasteiger partial charge in [-0.05, 0) is 31.0 Å². The largest absolute Gasteiger partial charge is 0.353 e. The number of amides is 1. The maximum atomic E-state index is 14.5. The molecule has 0 bridgehead atoms. The van der Waals surface area contributed by atoms with Crippen LogP contribution in [0.2, 0.25) is 5.02 Å². The number of aromatic nitrogens is 4. The lowest BCUT2D eigenvalue weighted by molar-refractivity contribution is -0.121. The summed E-state index contributed by atoms with van der Waals surface area (Å²) in [5, 5.41) is 10.7. The lowest BCUT2D eigenvalue weighted by atomic mass is 10.2. The highest BCUT2D eigenvalue weighted by molar-refractivity contribution is 6.34. The molecule has 14 heteroatoms. The van der Waals surface area contributed by atoms with Gasteiger partial charge in [-0.3, -0.25) is 23.4 Å². The van der Waals surface area contributed by atoms with E-state index in [0.29, 0.717) is 33.3 Å². The van der Waals surface area contributed by atoms with Gasteiger partial charge in [-0.25, -0.2) is 18.0 Å². The SMILES string of the molecule is Cn1cc2cc(Nc3cc(=O)n(CC(=O)NCC4(N)CC4)c(=O)n3Cc3cc(F)c(F)cc3F)c(Cl)cc2n1. The van der Waals surface area contributed by atoms with E-state index in [-0.39, 0.29) is 22.9 Å². The molecule has 4 N–H and O–H groups in total. The van der Waals surface area contributed by atoms with Crippen LogP contribution in [-0.2, 0) is 24.9 Å². The average Bonchev–Trinajstić information content (AvgIpc) is 3.50. The minimum absolute atomic E-state index is 0.116. The first-order valence-electron chi connectivity index (χ1n) is 11.9.